The lowest BCUT2D eigenvalue weighted by Crippen LogP contribution is -1.95. The predicted octanol–water partition coefficient (Wildman–Crippen LogP) is 2.41. The Morgan fingerprint density at radius 1 is 1.00 bits per heavy atom. The van der Waals surface area contributed by atoms with Gasteiger partial charge in [-0.05, 0) is 23.8 Å². The van der Waals surface area contributed by atoms with Gasteiger partial charge in [-0.3, -0.25) is 4.79 Å². The van der Waals surface area contributed by atoms with Gasteiger partial charge in [-0.1, -0.05) is 12.1 Å². The number of hydrogen-bond acceptors (Lipinski definition) is 6. The fourth-order valence-electron chi connectivity index (χ4n) is 1.92. The van der Waals surface area contributed by atoms with E-state index in [0.717, 1.165) is 18.2 Å². The van der Waals surface area contributed by atoms with Gasteiger partial charge in [-0.15, -0.1) is 0 Å². The highest BCUT2D eigenvalue weighted by Gasteiger charge is 2.15. The van der Waals surface area contributed by atoms with E-state index in [-0.39, 0.29) is 17.1 Å². The van der Waals surface area contributed by atoms with Gasteiger partial charge in [0.15, 0.2) is 17.3 Å². The molecule has 0 aliphatic heterocycles. The van der Waals surface area contributed by atoms with Crippen molar-refractivity contribution in [2.45, 2.75) is 0 Å². The van der Waals surface area contributed by atoms with E-state index < -0.39 is 17.3 Å². The second-order valence-electron chi connectivity index (χ2n) is 4.49. The molecular formula is C16H14O6. The number of ketones is 1. The Hall–Kier alpha value is -3.15. The SMILES string of the molecule is COc1ccc(/C=C/C(=O)c2c(O)cc(O)cc2O)cc1O. The Labute approximate surface area is 126 Å². The van der Waals surface area contributed by atoms with Crippen LogP contribution in [0.15, 0.2) is 36.4 Å². The van der Waals surface area contributed by atoms with Gasteiger partial charge >= 0.3 is 0 Å². The van der Waals surface area contributed by atoms with Crippen molar-refractivity contribution in [2.24, 2.45) is 0 Å². The molecule has 2 aromatic rings. The van der Waals surface area contributed by atoms with Crippen molar-refractivity contribution >= 4 is 11.9 Å². The third kappa shape index (κ3) is 3.12. The zero-order valence-electron chi connectivity index (χ0n) is 11.6. The number of methoxy groups -OCH3 is 1. The molecule has 114 valence electrons. The largest absolute Gasteiger partial charge is 0.508 e. The molecule has 0 bridgehead atoms. The number of hydrogen-bond donors (Lipinski definition) is 4. The van der Waals surface area contributed by atoms with Crippen LogP contribution in [0.2, 0.25) is 0 Å². The standard InChI is InChI=1S/C16H14O6/c1-22-15-5-3-9(6-12(15)19)2-4-11(18)16-13(20)7-10(17)8-14(16)21/h2-8,17,19-21H,1H3/b4-2+. The van der Waals surface area contributed by atoms with Crippen LogP contribution < -0.4 is 4.74 Å². The molecule has 0 unspecified atom stereocenters. The maximum Gasteiger partial charge on any atom is 0.193 e. The lowest BCUT2D eigenvalue weighted by atomic mass is 10.1. The van der Waals surface area contributed by atoms with Crippen LogP contribution in [-0.2, 0) is 0 Å². The Balaban J connectivity index is 2.27. The number of phenols is 4. The molecule has 4 N–H and O–H groups in total. The summed E-state index contributed by atoms with van der Waals surface area (Å²) in [6, 6.07) is 6.48. The lowest BCUT2D eigenvalue weighted by Gasteiger charge is -2.05. The van der Waals surface area contributed by atoms with Gasteiger partial charge in [0, 0.05) is 12.1 Å². The summed E-state index contributed by atoms with van der Waals surface area (Å²) in [7, 11) is 1.42. The van der Waals surface area contributed by atoms with Crippen LogP contribution in [0.4, 0.5) is 0 Å². The summed E-state index contributed by atoms with van der Waals surface area (Å²) in [6.45, 7) is 0. The number of aromatic hydroxyl groups is 4. The van der Waals surface area contributed by atoms with Crippen LogP contribution in [0.5, 0.6) is 28.7 Å². The summed E-state index contributed by atoms with van der Waals surface area (Å²) in [5.74, 6) is -1.82. The Kier molecular flexibility index (Phi) is 4.22. The Bertz CT molecular complexity index is 725. The summed E-state index contributed by atoms with van der Waals surface area (Å²) in [4.78, 5) is 12.0. The topological polar surface area (TPSA) is 107 Å². The van der Waals surface area contributed by atoms with E-state index in [2.05, 4.69) is 0 Å². The maximum atomic E-state index is 12.0. The summed E-state index contributed by atoms with van der Waals surface area (Å²) < 4.78 is 4.91. The van der Waals surface area contributed by atoms with Gasteiger partial charge in [0.1, 0.15) is 22.8 Å². The fraction of sp³-hybridized carbons (Fsp3) is 0.0625. The highest BCUT2D eigenvalue weighted by Crippen LogP contribution is 2.32. The summed E-state index contributed by atoms with van der Waals surface area (Å²) in [5.41, 5.74) is 0.219. The molecule has 6 heteroatoms. The van der Waals surface area contributed by atoms with Crippen molar-refractivity contribution in [1.29, 1.82) is 0 Å². The molecule has 0 aliphatic carbocycles. The number of phenolic OH excluding ortho intramolecular Hbond substituents is 4. The quantitative estimate of drug-likeness (QED) is 0.510. The third-order valence-corrected chi connectivity index (χ3v) is 2.96. The van der Waals surface area contributed by atoms with Crippen LogP contribution in [0, 0.1) is 0 Å². The number of ether oxygens (including phenoxy) is 1. The van der Waals surface area contributed by atoms with Crippen molar-refractivity contribution in [3.63, 3.8) is 0 Å². The highest BCUT2D eigenvalue weighted by molar-refractivity contribution is 6.10. The monoisotopic (exact) mass is 302 g/mol. The van der Waals surface area contributed by atoms with Gasteiger partial charge in [0.25, 0.3) is 0 Å². The van der Waals surface area contributed by atoms with E-state index in [0.29, 0.717) is 11.3 Å². The van der Waals surface area contributed by atoms with Crippen molar-refractivity contribution in [2.75, 3.05) is 7.11 Å². The van der Waals surface area contributed by atoms with Crippen molar-refractivity contribution < 1.29 is 30.0 Å². The molecule has 0 atom stereocenters. The first kappa shape index (κ1) is 15.2. The molecule has 0 amide bonds. The lowest BCUT2D eigenvalue weighted by molar-refractivity contribution is 0.104. The smallest absolute Gasteiger partial charge is 0.193 e. The summed E-state index contributed by atoms with van der Waals surface area (Å²) in [6.07, 6.45) is 2.54. The first-order valence-corrected chi connectivity index (χ1v) is 6.26. The highest BCUT2D eigenvalue weighted by atomic mass is 16.5. The first-order chi connectivity index (χ1) is 10.4. The molecule has 2 aromatic carbocycles. The van der Waals surface area contributed by atoms with E-state index >= 15 is 0 Å². The normalized spacial score (nSPS) is 10.8. The van der Waals surface area contributed by atoms with Crippen LogP contribution in [0.3, 0.4) is 0 Å². The molecule has 0 spiro atoms. The third-order valence-electron chi connectivity index (χ3n) is 2.96. The minimum atomic E-state index is -0.648. The molecule has 0 heterocycles. The number of benzene rings is 2. The van der Waals surface area contributed by atoms with Gasteiger partial charge in [0.05, 0.1) is 7.11 Å². The second kappa shape index (κ2) is 6.09. The van der Waals surface area contributed by atoms with Crippen LogP contribution in [0.25, 0.3) is 6.08 Å². The number of allylic oxidation sites excluding steroid dienone is 1. The van der Waals surface area contributed by atoms with Crippen LogP contribution in [-0.4, -0.2) is 33.3 Å². The van der Waals surface area contributed by atoms with Gasteiger partial charge in [-0.2, -0.15) is 0 Å². The Morgan fingerprint density at radius 3 is 2.18 bits per heavy atom. The molecule has 0 radical (unpaired) electrons. The molecule has 0 aromatic heterocycles. The van der Waals surface area contributed by atoms with E-state index in [1.165, 1.54) is 25.3 Å². The van der Waals surface area contributed by atoms with Gasteiger partial charge in [-0.25, -0.2) is 0 Å². The molecule has 0 fully saturated rings. The van der Waals surface area contributed by atoms with E-state index in [1.807, 2.05) is 0 Å². The molecular weight excluding hydrogens is 288 g/mol. The molecule has 0 saturated carbocycles. The van der Waals surface area contributed by atoms with Gasteiger partial charge in [0.2, 0.25) is 0 Å². The van der Waals surface area contributed by atoms with E-state index in [9.17, 15) is 25.2 Å². The number of carbonyl (C=O) groups is 1. The Morgan fingerprint density at radius 2 is 1.64 bits per heavy atom. The summed E-state index contributed by atoms with van der Waals surface area (Å²) in [5, 5.41) is 38.1. The van der Waals surface area contributed by atoms with Crippen molar-refractivity contribution in [3.8, 4) is 28.7 Å². The maximum absolute atomic E-state index is 12.0. The average molecular weight is 302 g/mol. The predicted molar refractivity (Wildman–Crippen MR) is 79.5 cm³/mol. The van der Waals surface area contributed by atoms with E-state index in [1.54, 1.807) is 6.07 Å². The minimum absolute atomic E-state index is 0.0765. The first-order valence-electron chi connectivity index (χ1n) is 6.26. The van der Waals surface area contributed by atoms with Crippen molar-refractivity contribution in [1.82, 2.24) is 0 Å². The second-order valence-corrected chi connectivity index (χ2v) is 4.49. The molecule has 22 heavy (non-hydrogen) atoms. The minimum Gasteiger partial charge on any atom is -0.508 e. The zero-order valence-corrected chi connectivity index (χ0v) is 11.6. The zero-order chi connectivity index (χ0) is 16.3. The average Bonchev–Trinajstić information content (AvgIpc) is 2.44. The van der Waals surface area contributed by atoms with Gasteiger partial charge < -0.3 is 25.2 Å². The molecule has 0 aliphatic rings. The van der Waals surface area contributed by atoms with Crippen LogP contribution in [0.1, 0.15) is 15.9 Å². The van der Waals surface area contributed by atoms with E-state index in [4.69, 9.17) is 4.74 Å². The molecule has 0 saturated heterocycles. The summed E-state index contributed by atoms with van der Waals surface area (Å²) >= 11 is 0. The molecule has 2 rings (SSSR count). The molecule has 6 nitrogen and oxygen atoms in total. The fourth-order valence-corrected chi connectivity index (χ4v) is 1.92. The van der Waals surface area contributed by atoms with Crippen LogP contribution >= 0.6 is 0 Å². The number of rotatable bonds is 4. The van der Waals surface area contributed by atoms with Crippen molar-refractivity contribution in [3.05, 3.63) is 47.5 Å². The number of carbonyl (C=O) groups excluding carboxylic acids is 1.